The van der Waals surface area contributed by atoms with Gasteiger partial charge in [0, 0.05) is 5.39 Å². The fraction of sp³-hybridized carbons (Fsp3) is 0.263. The van der Waals surface area contributed by atoms with E-state index in [-0.39, 0.29) is 21.9 Å². The average Bonchev–Trinajstić information content (AvgIpc) is 2.50. The van der Waals surface area contributed by atoms with Gasteiger partial charge in [0.05, 0.1) is 11.6 Å². The molecule has 5 heteroatoms. The first-order chi connectivity index (χ1) is 11.2. The highest BCUT2D eigenvalue weighted by Gasteiger charge is 2.25. The largest absolute Gasteiger partial charge is 0.299 e. The van der Waals surface area contributed by atoms with Crippen molar-refractivity contribution in [1.29, 1.82) is 0 Å². The molecule has 3 rings (SSSR count). The minimum absolute atomic E-state index is 0.0386. The number of hydrogen-bond donors (Lipinski definition) is 0. The van der Waals surface area contributed by atoms with E-state index in [0.29, 0.717) is 5.39 Å². The summed E-state index contributed by atoms with van der Waals surface area (Å²) in [6.07, 6.45) is 0. The Balaban J connectivity index is 2.22. The first-order valence-electron chi connectivity index (χ1n) is 7.68. The fourth-order valence-electron chi connectivity index (χ4n) is 2.53. The Bertz CT molecular complexity index is 1020. The van der Waals surface area contributed by atoms with E-state index in [4.69, 9.17) is 15.8 Å². The molecule has 3 nitrogen and oxygen atoms in total. The van der Waals surface area contributed by atoms with Gasteiger partial charge in [-0.15, -0.1) is 0 Å². The van der Waals surface area contributed by atoms with Crippen LogP contribution in [0.3, 0.4) is 0 Å². The van der Waals surface area contributed by atoms with Gasteiger partial charge in [0.2, 0.25) is 0 Å². The Morgan fingerprint density at radius 3 is 2.21 bits per heavy atom. The number of hydrogen-bond acceptors (Lipinski definition) is 3. The third-order valence-electron chi connectivity index (χ3n) is 3.69. The second kappa shape index (κ2) is 6.03. The fourth-order valence-corrected chi connectivity index (χ4v) is 4.35. The highest BCUT2D eigenvalue weighted by molar-refractivity contribution is 7.87. The van der Waals surface area contributed by atoms with Gasteiger partial charge in [0.25, 0.3) is 10.1 Å². The Labute approximate surface area is 147 Å². The van der Waals surface area contributed by atoms with Crippen molar-refractivity contribution in [2.75, 3.05) is 6.61 Å². The molecule has 0 atom stereocenters. The smallest absolute Gasteiger partial charge is 0.266 e. The van der Waals surface area contributed by atoms with Crippen molar-refractivity contribution in [2.45, 2.75) is 25.7 Å². The predicted octanol–water partition coefficient (Wildman–Crippen LogP) is 5.40. The molecule has 126 valence electrons. The van der Waals surface area contributed by atoms with Gasteiger partial charge in [-0.25, -0.2) is 0 Å². The molecule has 0 aliphatic carbocycles. The standard InChI is InChI=1S/C19H19ClO3S/c1-19(2,3)12-23-24(21,22)18-16-11-14-7-5-4-6-13(14)10-15(16)8-9-17(18)20/h4-11H,12H2,1-3H3. The van der Waals surface area contributed by atoms with E-state index in [1.54, 1.807) is 6.07 Å². The molecule has 0 aromatic heterocycles. The molecule has 0 unspecified atom stereocenters. The molecule has 0 radical (unpaired) electrons. The molecule has 0 spiro atoms. The zero-order chi connectivity index (χ0) is 17.5. The summed E-state index contributed by atoms with van der Waals surface area (Å²) >= 11 is 6.23. The zero-order valence-electron chi connectivity index (χ0n) is 13.8. The van der Waals surface area contributed by atoms with Crippen molar-refractivity contribution in [3.8, 4) is 0 Å². The van der Waals surface area contributed by atoms with Gasteiger partial charge >= 0.3 is 0 Å². The SMILES string of the molecule is CC(C)(C)COS(=O)(=O)c1c(Cl)ccc2cc3ccccc3cc12. The van der Waals surface area contributed by atoms with Crippen LogP contribution in [0.5, 0.6) is 0 Å². The van der Waals surface area contributed by atoms with Gasteiger partial charge in [-0.3, -0.25) is 4.18 Å². The van der Waals surface area contributed by atoms with Gasteiger partial charge in [-0.05, 0) is 39.8 Å². The molecule has 0 amide bonds. The lowest BCUT2D eigenvalue weighted by Crippen LogP contribution is -2.19. The average molecular weight is 363 g/mol. The van der Waals surface area contributed by atoms with E-state index in [1.165, 1.54) is 0 Å². The zero-order valence-corrected chi connectivity index (χ0v) is 15.4. The Hall–Kier alpha value is -1.62. The topological polar surface area (TPSA) is 43.4 Å². The van der Waals surface area contributed by atoms with E-state index in [9.17, 15) is 8.42 Å². The minimum Gasteiger partial charge on any atom is -0.266 e. The molecular weight excluding hydrogens is 344 g/mol. The maximum atomic E-state index is 12.7. The number of fused-ring (bicyclic) bond motifs is 2. The van der Waals surface area contributed by atoms with Crippen LogP contribution in [-0.2, 0) is 14.3 Å². The lowest BCUT2D eigenvalue weighted by Gasteiger charge is -2.18. The number of rotatable bonds is 3. The summed E-state index contributed by atoms with van der Waals surface area (Å²) in [4.78, 5) is 0.0386. The number of benzene rings is 3. The molecule has 0 bridgehead atoms. The van der Waals surface area contributed by atoms with Crippen LogP contribution in [0.2, 0.25) is 5.02 Å². The van der Waals surface area contributed by atoms with E-state index in [0.717, 1.165) is 16.2 Å². The van der Waals surface area contributed by atoms with Gasteiger partial charge in [0.1, 0.15) is 4.90 Å². The minimum atomic E-state index is -3.95. The summed E-state index contributed by atoms with van der Waals surface area (Å²) in [6.45, 7) is 5.85. The molecule has 24 heavy (non-hydrogen) atoms. The molecule has 0 fully saturated rings. The monoisotopic (exact) mass is 362 g/mol. The summed E-state index contributed by atoms with van der Waals surface area (Å²) in [5.41, 5.74) is -0.267. The van der Waals surface area contributed by atoms with Crippen LogP contribution in [-0.4, -0.2) is 15.0 Å². The van der Waals surface area contributed by atoms with Crippen molar-refractivity contribution >= 4 is 43.3 Å². The number of halogens is 1. The van der Waals surface area contributed by atoms with Crippen molar-refractivity contribution in [1.82, 2.24) is 0 Å². The van der Waals surface area contributed by atoms with Crippen LogP contribution in [0.4, 0.5) is 0 Å². The van der Waals surface area contributed by atoms with Crippen molar-refractivity contribution < 1.29 is 12.6 Å². The first kappa shape index (κ1) is 17.2. The molecular formula is C19H19ClO3S. The van der Waals surface area contributed by atoms with Crippen molar-refractivity contribution in [2.24, 2.45) is 5.41 Å². The second-order valence-electron chi connectivity index (χ2n) is 7.07. The van der Waals surface area contributed by atoms with E-state index in [1.807, 2.05) is 63.2 Å². The maximum absolute atomic E-state index is 12.7. The van der Waals surface area contributed by atoms with E-state index >= 15 is 0 Å². The summed E-state index contributed by atoms with van der Waals surface area (Å²) in [5.74, 6) is 0. The normalized spacial score (nSPS) is 12.8. The van der Waals surface area contributed by atoms with Gasteiger partial charge in [-0.2, -0.15) is 8.42 Å². The van der Waals surface area contributed by atoms with Gasteiger partial charge < -0.3 is 0 Å². The van der Waals surface area contributed by atoms with Crippen molar-refractivity contribution in [3.63, 3.8) is 0 Å². The highest BCUT2D eigenvalue weighted by Crippen LogP contribution is 2.34. The first-order valence-corrected chi connectivity index (χ1v) is 9.46. The van der Waals surface area contributed by atoms with Crippen LogP contribution in [0.25, 0.3) is 21.5 Å². The Morgan fingerprint density at radius 1 is 0.958 bits per heavy atom. The highest BCUT2D eigenvalue weighted by atomic mass is 35.5. The van der Waals surface area contributed by atoms with Crippen LogP contribution >= 0.6 is 11.6 Å². The molecule has 0 saturated carbocycles. The van der Waals surface area contributed by atoms with E-state index in [2.05, 4.69) is 0 Å². The van der Waals surface area contributed by atoms with Gasteiger partial charge in [-0.1, -0.05) is 62.7 Å². The van der Waals surface area contributed by atoms with Crippen LogP contribution < -0.4 is 0 Å². The second-order valence-corrected chi connectivity index (χ2v) is 9.03. The lowest BCUT2D eigenvalue weighted by atomic mass is 9.99. The van der Waals surface area contributed by atoms with E-state index < -0.39 is 10.1 Å². The molecule has 3 aromatic rings. The predicted molar refractivity (Wildman–Crippen MR) is 99.1 cm³/mol. The quantitative estimate of drug-likeness (QED) is 0.463. The van der Waals surface area contributed by atoms with Crippen LogP contribution in [0.15, 0.2) is 53.4 Å². The van der Waals surface area contributed by atoms with Gasteiger partial charge in [0.15, 0.2) is 0 Å². The molecule has 0 N–H and O–H groups in total. The third kappa shape index (κ3) is 3.41. The van der Waals surface area contributed by atoms with Crippen LogP contribution in [0, 0.1) is 5.41 Å². The molecule has 0 heterocycles. The summed E-state index contributed by atoms with van der Waals surface area (Å²) in [6, 6.07) is 15.1. The molecule has 0 aliphatic rings. The third-order valence-corrected chi connectivity index (χ3v) is 5.48. The molecule has 0 saturated heterocycles. The summed E-state index contributed by atoms with van der Waals surface area (Å²) in [5, 5.41) is 3.57. The Morgan fingerprint density at radius 2 is 1.58 bits per heavy atom. The summed E-state index contributed by atoms with van der Waals surface area (Å²) in [7, 11) is -3.95. The molecule has 0 aliphatic heterocycles. The lowest BCUT2D eigenvalue weighted by molar-refractivity contribution is 0.203. The maximum Gasteiger partial charge on any atom is 0.299 e. The van der Waals surface area contributed by atoms with Crippen LogP contribution in [0.1, 0.15) is 20.8 Å². The molecule has 3 aromatic carbocycles. The Kier molecular flexibility index (Phi) is 4.32. The summed E-state index contributed by atoms with van der Waals surface area (Å²) < 4.78 is 30.8. The van der Waals surface area contributed by atoms with Crippen molar-refractivity contribution in [3.05, 3.63) is 53.6 Å².